The number of rotatable bonds is 4. The number of hydrogen-bond acceptors (Lipinski definition) is 2. The van der Waals surface area contributed by atoms with E-state index in [4.69, 9.17) is 0 Å². The van der Waals surface area contributed by atoms with Gasteiger partial charge in [0.05, 0.1) is 0 Å². The topological polar surface area (TPSA) is 40.6 Å². The lowest BCUT2D eigenvalue weighted by Gasteiger charge is -2.31. The van der Waals surface area contributed by atoms with Crippen LogP contribution in [0.4, 0.5) is 10.1 Å². The number of benzene rings is 2. The van der Waals surface area contributed by atoms with Crippen molar-refractivity contribution in [2.75, 3.05) is 11.4 Å². The van der Waals surface area contributed by atoms with Crippen LogP contribution in [0.15, 0.2) is 54.6 Å². The molecule has 2 aliphatic rings. The Labute approximate surface area is 158 Å². The van der Waals surface area contributed by atoms with Gasteiger partial charge >= 0.3 is 0 Å². The highest BCUT2D eigenvalue weighted by Crippen LogP contribution is 2.30. The van der Waals surface area contributed by atoms with Crippen molar-refractivity contribution in [3.8, 4) is 0 Å². The molecule has 2 atom stereocenters. The second kappa shape index (κ2) is 7.51. The lowest BCUT2D eigenvalue weighted by atomic mass is 10.0. The molecule has 0 aromatic heterocycles. The molecule has 2 fully saturated rings. The van der Waals surface area contributed by atoms with Crippen LogP contribution >= 0.6 is 0 Å². The summed E-state index contributed by atoms with van der Waals surface area (Å²) in [7, 11) is 0. The van der Waals surface area contributed by atoms with Gasteiger partial charge in [0.25, 0.3) is 0 Å². The molecule has 0 radical (unpaired) electrons. The lowest BCUT2D eigenvalue weighted by Crippen LogP contribution is -2.49. The van der Waals surface area contributed by atoms with E-state index in [1.807, 2.05) is 35.2 Å². The third-order valence-electron chi connectivity index (χ3n) is 5.58. The molecule has 0 spiro atoms. The van der Waals surface area contributed by atoms with Crippen molar-refractivity contribution in [3.05, 3.63) is 66.0 Å². The molecular weight excluding hydrogens is 343 g/mol. The molecule has 2 unspecified atom stereocenters. The molecule has 2 heterocycles. The van der Waals surface area contributed by atoms with Crippen LogP contribution in [0.1, 0.15) is 31.2 Å². The Balaban J connectivity index is 1.52. The summed E-state index contributed by atoms with van der Waals surface area (Å²) < 4.78 is 13.1. The molecule has 27 heavy (non-hydrogen) atoms. The fraction of sp³-hybridized carbons (Fsp3) is 0.364. The van der Waals surface area contributed by atoms with Gasteiger partial charge in [-0.25, -0.2) is 4.39 Å². The van der Waals surface area contributed by atoms with Crippen LogP contribution in [0.5, 0.6) is 0 Å². The summed E-state index contributed by atoms with van der Waals surface area (Å²) >= 11 is 0. The van der Waals surface area contributed by atoms with Gasteiger partial charge in [0.1, 0.15) is 11.9 Å². The molecule has 0 N–H and O–H groups in total. The van der Waals surface area contributed by atoms with E-state index < -0.39 is 6.04 Å². The fourth-order valence-corrected chi connectivity index (χ4v) is 4.25. The SMILES string of the molecule is O=C(C1CCC(=O)N1c1ccccc1)N1CCCC1Cc1ccc(F)cc1. The maximum absolute atomic E-state index is 13.3. The highest BCUT2D eigenvalue weighted by molar-refractivity contribution is 6.03. The molecule has 2 aliphatic heterocycles. The molecule has 5 heteroatoms. The number of carbonyl (C=O) groups is 2. The van der Waals surface area contributed by atoms with Crippen LogP contribution in [-0.4, -0.2) is 35.3 Å². The monoisotopic (exact) mass is 366 g/mol. The predicted octanol–water partition coefficient (Wildman–Crippen LogP) is 3.55. The third-order valence-corrected chi connectivity index (χ3v) is 5.58. The van der Waals surface area contributed by atoms with Crippen LogP contribution in [0.2, 0.25) is 0 Å². The van der Waals surface area contributed by atoms with Crippen molar-refractivity contribution in [3.63, 3.8) is 0 Å². The summed E-state index contributed by atoms with van der Waals surface area (Å²) in [6.45, 7) is 0.720. The molecule has 2 aromatic rings. The molecule has 0 bridgehead atoms. The summed E-state index contributed by atoms with van der Waals surface area (Å²) in [6, 6.07) is 15.6. The van der Waals surface area contributed by atoms with Gasteiger partial charge in [0, 0.05) is 24.7 Å². The van der Waals surface area contributed by atoms with Crippen molar-refractivity contribution >= 4 is 17.5 Å². The second-order valence-corrected chi connectivity index (χ2v) is 7.31. The number of anilines is 1. The summed E-state index contributed by atoms with van der Waals surface area (Å²) in [5.74, 6) is -0.204. The van der Waals surface area contributed by atoms with Crippen molar-refractivity contribution in [2.45, 2.75) is 44.2 Å². The summed E-state index contributed by atoms with van der Waals surface area (Å²) in [5, 5.41) is 0. The maximum atomic E-state index is 13.3. The minimum Gasteiger partial charge on any atom is -0.338 e. The van der Waals surface area contributed by atoms with E-state index >= 15 is 0 Å². The van der Waals surface area contributed by atoms with Gasteiger partial charge in [-0.05, 0) is 55.5 Å². The van der Waals surface area contributed by atoms with Crippen molar-refractivity contribution in [2.24, 2.45) is 0 Å². The first-order valence-electron chi connectivity index (χ1n) is 9.55. The smallest absolute Gasteiger partial charge is 0.246 e. The summed E-state index contributed by atoms with van der Waals surface area (Å²) in [5.41, 5.74) is 1.82. The minimum absolute atomic E-state index is 0.00818. The van der Waals surface area contributed by atoms with Crippen LogP contribution in [0.25, 0.3) is 0 Å². The average molecular weight is 366 g/mol. The number of amides is 2. The Kier molecular flexibility index (Phi) is 4.92. The number of likely N-dealkylation sites (tertiary alicyclic amines) is 1. The average Bonchev–Trinajstić information content (AvgIpc) is 3.30. The van der Waals surface area contributed by atoms with E-state index in [-0.39, 0.29) is 23.7 Å². The quantitative estimate of drug-likeness (QED) is 0.830. The van der Waals surface area contributed by atoms with Gasteiger partial charge in [-0.3, -0.25) is 14.5 Å². The number of hydrogen-bond donors (Lipinski definition) is 0. The first kappa shape index (κ1) is 17.7. The van der Waals surface area contributed by atoms with Crippen LogP contribution in [-0.2, 0) is 16.0 Å². The number of halogens is 1. The zero-order valence-electron chi connectivity index (χ0n) is 15.2. The van der Waals surface area contributed by atoms with Crippen molar-refractivity contribution < 1.29 is 14.0 Å². The summed E-state index contributed by atoms with van der Waals surface area (Å²) in [6.07, 6.45) is 3.59. The molecule has 4 nitrogen and oxygen atoms in total. The van der Waals surface area contributed by atoms with Gasteiger partial charge in [0.2, 0.25) is 11.8 Å². The molecule has 0 saturated carbocycles. The molecule has 2 saturated heterocycles. The predicted molar refractivity (Wildman–Crippen MR) is 102 cm³/mol. The lowest BCUT2D eigenvalue weighted by molar-refractivity contribution is -0.133. The molecule has 140 valence electrons. The van der Waals surface area contributed by atoms with Crippen LogP contribution < -0.4 is 4.90 Å². The van der Waals surface area contributed by atoms with Gasteiger partial charge in [-0.2, -0.15) is 0 Å². The molecule has 2 aromatic carbocycles. The number of nitrogens with zero attached hydrogens (tertiary/aromatic N) is 2. The molecule has 0 aliphatic carbocycles. The Hall–Kier alpha value is -2.69. The van der Waals surface area contributed by atoms with Crippen LogP contribution in [0, 0.1) is 5.82 Å². The number of para-hydroxylation sites is 1. The van der Waals surface area contributed by atoms with Crippen molar-refractivity contribution in [1.29, 1.82) is 0 Å². The van der Waals surface area contributed by atoms with Gasteiger partial charge in [0.15, 0.2) is 0 Å². The van der Waals surface area contributed by atoms with E-state index in [1.54, 1.807) is 17.0 Å². The van der Waals surface area contributed by atoms with E-state index in [0.29, 0.717) is 12.8 Å². The van der Waals surface area contributed by atoms with E-state index in [2.05, 4.69) is 0 Å². The van der Waals surface area contributed by atoms with E-state index in [9.17, 15) is 14.0 Å². The largest absolute Gasteiger partial charge is 0.338 e. The molecule has 4 rings (SSSR count). The molecule has 2 amide bonds. The minimum atomic E-state index is -0.422. The first-order valence-corrected chi connectivity index (χ1v) is 9.55. The highest BCUT2D eigenvalue weighted by Gasteiger charge is 2.41. The Morgan fingerprint density at radius 1 is 1.04 bits per heavy atom. The second-order valence-electron chi connectivity index (χ2n) is 7.31. The van der Waals surface area contributed by atoms with E-state index in [1.165, 1.54) is 12.1 Å². The fourth-order valence-electron chi connectivity index (χ4n) is 4.25. The summed E-state index contributed by atoms with van der Waals surface area (Å²) in [4.78, 5) is 29.3. The van der Waals surface area contributed by atoms with Gasteiger partial charge in [-0.15, -0.1) is 0 Å². The molecular formula is C22H23FN2O2. The zero-order chi connectivity index (χ0) is 18.8. The Morgan fingerprint density at radius 3 is 2.52 bits per heavy atom. The van der Waals surface area contributed by atoms with Crippen molar-refractivity contribution in [1.82, 2.24) is 4.90 Å². The van der Waals surface area contributed by atoms with Gasteiger partial charge < -0.3 is 4.90 Å². The van der Waals surface area contributed by atoms with Gasteiger partial charge in [-0.1, -0.05) is 30.3 Å². The first-order chi connectivity index (χ1) is 13.1. The highest BCUT2D eigenvalue weighted by atomic mass is 19.1. The maximum Gasteiger partial charge on any atom is 0.246 e. The third kappa shape index (κ3) is 3.59. The standard InChI is InChI=1S/C22H23FN2O2/c23-17-10-8-16(9-11-17)15-19-7-4-14-24(19)22(27)20-12-13-21(26)25(20)18-5-2-1-3-6-18/h1-3,5-6,8-11,19-20H,4,7,12-15H2. The Bertz CT molecular complexity index is 822. The zero-order valence-corrected chi connectivity index (χ0v) is 15.2. The van der Waals surface area contributed by atoms with E-state index in [0.717, 1.165) is 37.1 Å². The van der Waals surface area contributed by atoms with Crippen LogP contribution in [0.3, 0.4) is 0 Å². The Morgan fingerprint density at radius 2 is 1.78 bits per heavy atom. The normalized spacial score (nSPS) is 22.5. The number of carbonyl (C=O) groups excluding carboxylic acids is 2.